The van der Waals surface area contributed by atoms with Gasteiger partial charge in [-0.25, -0.2) is 4.79 Å². The van der Waals surface area contributed by atoms with Gasteiger partial charge in [-0.2, -0.15) is 4.91 Å². The standard InChI is InChI=1S/C18H18ClNO6/c1-9-6-15-14(26-15)5-3-2-4-10(20-24)7-11-16(18(23)25-9)12(21)8-13(22)17(11)19/h2-5,8-10,14-15,21-22H,6-7H2,1H3/b4-2+,5-3-/t9-,10?,14-,15-/m1/s1. The number of aromatic hydroxyl groups is 2. The maximum atomic E-state index is 12.6. The molecule has 0 saturated carbocycles. The number of fused-ring (bicyclic) bond motifs is 2. The Balaban J connectivity index is 2.03. The van der Waals surface area contributed by atoms with Crippen molar-refractivity contribution in [3.8, 4) is 11.5 Å². The van der Waals surface area contributed by atoms with Crippen LogP contribution in [0.25, 0.3) is 0 Å². The van der Waals surface area contributed by atoms with E-state index in [-0.39, 0.29) is 34.8 Å². The molecular weight excluding hydrogens is 362 g/mol. The molecule has 138 valence electrons. The van der Waals surface area contributed by atoms with Gasteiger partial charge in [0.05, 0.1) is 11.1 Å². The number of carbonyl (C=O) groups excluding carboxylic acids is 1. The van der Waals surface area contributed by atoms with Gasteiger partial charge in [-0.15, -0.1) is 0 Å². The Hall–Kier alpha value is -2.38. The first kappa shape index (κ1) is 18.4. The predicted octanol–water partition coefficient (Wildman–Crippen LogP) is 3.26. The molecule has 2 aliphatic rings. The number of hydrogen-bond donors (Lipinski definition) is 2. The largest absolute Gasteiger partial charge is 0.507 e. The number of phenols is 2. The van der Waals surface area contributed by atoms with Gasteiger partial charge in [-0.3, -0.25) is 0 Å². The maximum absolute atomic E-state index is 12.6. The van der Waals surface area contributed by atoms with Crippen LogP contribution in [-0.2, 0) is 15.9 Å². The van der Waals surface area contributed by atoms with Crippen molar-refractivity contribution >= 4 is 17.6 Å². The summed E-state index contributed by atoms with van der Waals surface area (Å²) < 4.78 is 10.9. The van der Waals surface area contributed by atoms with E-state index in [2.05, 4.69) is 5.18 Å². The average molecular weight is 380 g/mol. The topological polar surface area (TPSA) is 109 Å². The van der Waals surface area contributed by atoms with E-state index < -0.39 is 29.6 Å². The van der Waals surface area contributed by atoms with Crippen molar-refractivity contribution in [3.63, 3.8) is 0 Å². The summed E-state index contributed by atoms with van der Waals surface area (Å²) in [5.41, 5.74) is -0.0697. The van der Waals surface area contributed by atoms with Crippen LogP contribution in [0.2, 0.25) is 5.02 Å². The highest BCUT2D eigenvalue weighted by Crippen LogP contribution is 2.38. The van der Waals surface area contributed by atoms with Crippen molar-refractivity contribution in [2.24, 2.45) is 5.18 Å². The second-order valence-electron chi connectivity index (χ2n) is 6.32. The number of halogens is 1. The van der Waals surface area contributed by atoms with E-state index >= 15 is 0 Å². The Morgan fingerprint density at radius 2 is 1.96 bits per heavy atom. The summed E-state index contributed by atoms with van der Waals surface area (Å²) in [4.78, 5) is 23.7. The van der Waals surface area contributed by atoms with Gasteiger partial charge in [0.1, 0.15) is 35.3 Å². The smallest absolute Gasteiger partial charge is 0.342 e. The fourth-order valence-corrected chi connectivity index (χ4v) is 3.18. The van der Waals surface area contributed by atoms with E-state index in [4.69, 9.17) is 21.1 Å². The van der Waals surface area contributed by atoms with Gasteiger partial charge in [0.2, 0.25) is 0 Å². The molecule has 1 aromatic carbocycles. The Morgan fingerprint density at radius 3 is 2.69 bits per heavy atom. The zero-order chi connectivity index (χ0) is 18.8. The summed E-state index contributed by atoms with van der Waals surface area (Å²) in [6.07, 6.45) is 6.68. The molecule has 0 amide bonds. The van der Waals surface area contributed by atoms with Crippen molar-refractivity contribution in [2.45, 2.75) is 44.1 Å². The highest BCUT2D eigenvalue weighted by atomic mass is 35.5. The first-order chi connectivity index (χ1) is 12.4. The second kappa shape index (κ2) is 7.47. The van der Waals surface area contributed by atoms with Crippen LogP contribution in [0, 0.1) is 4.91 Å². The maximum Gasteiger partial charge on any atom is 0.342 e. The molecule has 3 rings (SSSR count). The summed E-state index contributed by atoms with van der Waals surface area (Å²) in [6.45, 7) is 1.72. The zero-order valence-corrected chi connectivity index (χ0v) is 14.7. The number of carbonyl (C=O) groups is 1. The lowest BCUT2D eigenvalue weighted by molar-refractivity contribution is 0.0305. The highest BCUT2D eigenvalue weighted by molar-refractivity contribution is 6.33. The number of nitroso groups, excluding NO2 is 1. The number of allylic oxidation sites excluding steroid dienone is 2. The molecule has 0 aromatic heterocycles. The quantitative estimate of drug-likeness (QED) is 0.440. The summed E-state index contributed by atoms with van der Waals surface area (Å²) in [7, 11) is 0. The van der Waals surface area contributed by atoms with Gasteiger partial charge in [-0.05, 0) is 12.5 Å². The molecule has 1 saturated heterocycles. The lowest BCUT2D eigenvalue weighted by atomic mass is 9.98. The Morgan fingerprint density at radius 1 is 1.23 bits per heavy atom. The van der Waals surface area contributed by atoms with Crippen molar-refractivity contribution in [1.29, 1.82) is 0 Å². The number of epoxide rings is 1. The number of ether oxygens (including phenoxy) is 2. The zero-order valence-electron chi connectivity index (χ0n) is 14.0. The monoisotopic (exact) mass is 379 g/mol. The van der Waals surface area contributed by atoms with E-state index in [0.717, 1.165) is 6.07 Å². The van der Waals surface area contributed by atoms with Crippen LogP contribution in [0.3, 0.4) is 0 Å². The van der Waals surface area contributed by atoms with E-state index in [0.29, 0.717) is 6.42 Å². The molecule has 0 radical (unpaired) electrons. The minimum atomic E-state index is -0.846. The number of cyclic esters (lactones) is 1. The average Bonchev–Trinajstić information content (AvgIpc) is 3.31. The highest BCUT2D eigenvalue weighted by Gasteiger charge is 2.38. The van der Waals surface area contributed by atoms with Gasteiger partial charge < -0.3 is 19.7 Å². The van der Waals surface area contributed by atoms with Crippen molar-refractivity contribution < 1.29 is 24.5 Å². The van der Waals surface area contributed by atoms with Crippen molar-refractivity contribution in [2.75, 3.05) is 0 Å². The molecule has 4 atom stereocenters. The van der Waals surface area contributed by atoms with Gasteiger partial charge in [-0.1, -0.05) is 41.1 Å². The molecule has 1 unspecified atom stereocenters. The Kier molecular flexibility index (Phi) is 5.29. The third-order valence-corrected chi connectivity index (χ3v) is 4.74. The first-order valence-corrected chi connectivity index (χ1v) is 8.55. The summed E-state index contributed by atoms with van der Waals surface area (Å²) in [6, 6.07) is 0.124. The number of rotatable bonds is 1. The molecule has 8 heteroatoms. The minimum absolute atomic E-state index is 0.0538. The Bertz CT molecular complexity index is 790. The van der Waals surface area contributed by atoms with Crippen LogP contribution in [0.4, 0.5) is 0 Å². The molecule has 0 spiro atoms. The molecule has 0 aliphatic carbocycles. The lowest BCUT2D eigenvalue weighted by Gasteiger charge is -2.17. The van der Waals surface area contributed by atoms with Crippen LogP contribution >= 0.6 is 11.6 Å². The summed E-state index contributed by atoms with van der Waals surface area (Å²) in [5, 5.41) is 22.9. The fraction of sp³-hybridized carbons (Fsp3) is 0.389. The first-order valence-electron chi connectivity index (χ1n) is 8.18. The second-order valence-corrected chi connectivity index (χ2v) is 6.70. The SMILES string of the molecule is C[C@@H]1C[C@H]2O[C@@H]2/C=C\C=C\C(N=O)Cc2c(Cl)c(O)cc(O)c2C(=O)O1. The van der Waals surface area contributed by atoms with Crippen LogP contribution < -0.4 is 0 Å². The number of benzene rings is 1. The van der Waals surface area contributed by atoms with E-state index in [1.54, 1.807) is 25.2 Å². The number of phenolic OH excluding ortho intramolecular Hbond substituents is 2. The van der Waals surface area contributed by atoms with Gasteiger partial charge >= 0.3 is 5.97 Å². The predicted molar refractivity (Wildman–Crippen MR) is 94.5 cm³/mol. The Labute approximate surface area is 154 Å². The molecular formula is C18H18ClNO6. The van der Waals surface area contributed by atoms with Gasteiger partial charge in [0, 0.05) is 18.9 Å². The number of hydrogen-bond acceptors (Lipinski definition) is 7. The van der Waals surface area contributed by atoms with E-state index in [1.807, 2.05) is 6.08 Å². The molecule has 0 bridgehead atoms. The van der Waals surface area contributed by atoms with Crippen LogP contribution in [0.5, 0.6) is 11.5 Å². The van der Waals surface area contributed by atoms with Crippen LogP contribution in [-0.4, -0.2) is 40.5 Å². The third kappa shape index (κ3) is 3.89. The van der Waals surface area contributed by atoms with Gasteiger partial charge in [0.15, 0.2) is 0 Å². The van der Waals surface area contributed by atoms with Crippen molar-refractivity contribution in [3.05, 3.63) is 51.4 Å². The van der Waals surface area contributed by atoms with Crippen molar-refractivity contribution in [1.82, 2.24) is 0 Å². The van der Waals surface area contributed by atoms with Gasteiger partial charge in [0.25, 0.3) is 0 Å². The normalized spacial score (nSPS) is 30.9. The molecule has 2 N–H and O–H groups in total. The minimum Gasteiger partial charge on any atom is -0.507 e. The molecule has 1 aromatic rings. The molecule has 2 aliphatic heterocycles. The van der Waals surface area contributed by atoms with E-state index in [9.17, 15) is 19.9 Å². The van der Waals surface area contributed by atoms with E-state index in [1.165, 1.54) is 0 Å². The molecule has 1 fully saturated rings. The number of esters is 1. The summed E-state index contributed by atoms with van der Waals surface area (Å²) >= 11 is 6.12. The lowest BCUT2D eigenvalue weighted by Crippen LogP contribution is -2.20. The number of nitrogens with zero attached hydrogens (tertiary/aromatic N) is 1. The van der Waals surface area contributed by atoms with Crippen LogP contribution in [0.15, 0.2) is 35.5 Å². The molecule has 7 nitrogen and oxygen atoms in total. The molecule has 2 heterocycles. The van der Waals surface area contributed by atoms with Crippen LogP contribution in [0.1, 0.15) is 29.3 Å². The molecule has 26 heavy (non-hydrogen) atoms. The third-order valence-electron chi connectivity index (χ3n) is 4.31. The summed E-state index contributed by atoms with van der Waals surface area (Å²) in [5.74, 6) is -1.65. The fourth-order valence-electron chi connectivity index (χ4n) is 2.95.